The van der Waals surface area contributed by atoms with E-state index in [1.165, 1.54) is 81.3 Å². The molecule has 1 aromatic carbocycles. The Labute approximate surface area is 180 Å². The average Bonchev–Trinajstić information content (AvgIpc) is 3.23. The minimum Gasteiger partial charge on any atom is -0.290 e. The second kappa shape index (κ2) is 7.15. The quantitative estimate of drug-likeness (QED) is 0.742. The van der Waals surface area contributed by atoms with E-state index in [4.69, 9.17) is 5.10 Å². The predicted octanol–water partition coefficient (Wildman–Crippen LogP) is 4.67. The molecular formula is C25H35N5. The van der Waals surface area contributed by atoms with Crippen molar-refractivity contribution in [3.63, 3.8) is 0 Å². The van der Waals surface area contributed by atoms with Gasteiger partial charge in [-0.05, 0) is 117 Å². The Hall–Kier alpha value is -1.75. The fourth-order valence-corrected chi connectivity index (χ4v) is 8.09. The van der Waals surface area contributed by atoms with Gasteiger partial charge in [-0.1, -0.05) is 31.5 Å². The van der Waals surface area contributed by atoms with E-state index in [0.717, 1.165) is 24.1 Å². The topological polar surface area (TPSA) is 46.8 Å². The van der Waals surface area contributed by atoms with Gasteiger partial charge in [-0.3, -0.25) is 4.90 Å². The van der Waals surface area contributed by atoms with Crippen molar-refractivity contribution in [3.05, 3.63) is 35.2 Å². The van der Waals surface area contributed by atoms with Gasteiger partial charge in [0, 0.05) is 0 Å². The van der Waals surface area contributed by atoms with Crippen LogP contribution in [0.2, 0.25) is 0 Å². The number of benzene rings is 1. The fourth-order valence-electron chi connectivity index (χ4n) is 8.09. The normalized spacial score (nSPS) is 35.8. The summed E-state index contributed by atoms with van der Waals surface area (Å²) in [6.07, 6.45) is 12.0. The Kier molecular flexibility index (Phi) is 4.52. The molecule has 2 heterocycles. The van der Waals surface area contributed by atoms with Gasteiger partial charge in [-0.2, -0.15) is 4.68 Å². The van der Waals surface area contributed by atoms with Crippen molar-refractivity contribution in [1.82, 2.24) is 25.1 Å². The smallest absolute Gasteiger partial charge is 0.177 e. The van der Waals surface area contributed by atoms with Crippen LogP contribution in [0.25, 0.3) is 5.69 Å². The number of tetrazole rings is 1. The van der Waals surface area contributed by atoms with Gasteiger partial charge in [0.15, 0.2) is 5.82 Å². The van der Waals surface area contributed by atoms with Crippen LogP contribution in [0.4, 0.5) is 0 Å². The number of likely N-dealkylation sites (tertiary alicyclic amines) is 1. The van der Waals surface area contributed by atoms with Gasteiger partial charge in [0.2, 0.25) is 0 Å². The monoisotopic (exact) mass is 405 g/mol. The van der Waals surface area contributed by atoms with Crippen LogP contribution in [0, 0.1) is 30.6 Å². The molecule has 160 valence electrons. The standard InChI is InChI=1S/C25H35N5/c1-3-20-9-7-8-17(2)23(20)30-24(26-27-28-30)25(29-10-5-4-6-11-29)21-13-18-12-19(15-21)16-22(25)14-18/h7-9,18-19,21-22H,3-6,10-16H2,1-2H3. The van der Waals surface area contributed by atoms with E-state index in [0.29, 0.717) is 11.8 Å². The zero-order chi connectivity index (χ0) is 20.3. The molecule has 5 fully saturated rings. The van der Waals surface area contributed by atoms with Crippen molar-refractivity contribution in [3.8, 4) is 5.69 Å². The van der Waals surface area contributed by atoms with Crippen molar-refractivity contribution in [2.75, 3.05) is 13.1 Å². The van der Waals surface area contributed by atoms with Crippen molar-refractivity contribution < 1.29 is 0 Å². The summed E-state index contributed by atoms with van der Waals surface area (Å²) >= 11 is 0. The first-order valence-corrected chi connectivity index (χ1v) is 12.3. The van der Waals surface area contributed by atoms with Gasteiger partial charge in [0.05, 0.1) is 11.2 Å². The van der Waals surface area contributed by atoms with E-state index in [-0.39, 0.29) is 5.54 Å². The van der Waals surface area contributed by atoms with Crippen LogP contribution in [0.5, 0.6) is 0 Å². The lowest BCUT2D eigenvalue weighted by molar-refractivity contribution is -0.152. The molecule has 5 heteroatoms. The number of rotatable bonds is 4. The Bertz CT molecular complexity index is 892. The minimum absolute atomic E-state index is 0.0324. The summed E-state index contributed by atoms with van der Waals surface area (Å²) in [5.41, 5.74) is 3.89. The van der Waals surface area contributed by atoms with Gasteiger partial charge in [0.25, 0.3) is 0 Å². The van der Waals surface area contributed by atoms with Gasteiger partial charge in [0.1, 0.15) is 0 Å². The summed E-state index contributed by atoms with van der Waals surface area (Å²) in [5, 5.41) is 13.8. The van der Waals surface area contributed by atoms with Crippen LogP contribution in [-0.2, 0) is 12.0 Å². The number of aryl methyl sites for hydroxylation is 2. The van der Waals surface area contributed by atoms with Crippen LogP contribution in [0.3, 0.4) is 0 Å². The zero-order valence-corrected chi connectivity index (χ0v) is 18.6. The number of nitrogens with zero attached hydrogens (tertiary/aromatic N) is 5. The number of para-hydroxylation sites is 1. The lowest BCUT2D eigenvalue weighted by Crippen LogP contribution is -2.65. The molecule has 5 nitrogen and oxygen atoms in total. The molecule has 5 aliphatic rings. The third kappa shape index (κ3) is 2.60. The van der Waals surface area contributed by atoms with E-state index < -0.39 is 0 Å². The average molecular weight is 406 g/mol. The first-order valence-electron chi connectivity index (χ1n) is 12.3. The fraction of sp³-hybridized carbons (Fsp3) is 0.720. The first kappa shape index (κ1) is 19.0. The molecule has 0 N–H and O–H groups in total. The maximum Gasteiger partial charge on any atom is 0.177 e. The Morgan fingerprint density at radius 3 is 2.33 bits per heavy atom. The van der Waals surface area contributed by atoms with Crippen molar-refractivity contribution in [2.45, 2.75) is 77.2 Å². The molecule has 4 saturated carbocycles. The summed E-state index contributed by atoms with van der Waals surface area (Å²) in [4.78, 5) is 2.86. The summed E-state index contributed by atoms with van der Waals surface area (Å²) < 4.78 is 2.17. The number of hydrogen-bond donors (Lipinski definition) is 0. The predicted molar refractivity (Wildman–Crippen MR) is 117 cm³/mol. The molecule has 7 rings (SSSR count). The molecule has 0 radical (unpaired) electrons. The molecule has 0 spiro atoms. The zero-order valence-electron chi connectivity index (χ0n) is 18.6. The van der Waals surface area contributed by atoms with Gasteiger partial charge in [-0.25, -0.2) is 0 Å². The number of hydrogen-bond acceptors (Lipinski definition) is 4. The van der Waals surface area contributed by atoms with E-state index >= 15 is 0 Å². The second-order valence-electron chi connectivity index (χ2n) is 10.5. The van der Waals surface area contributed by atoms with E-state index in [1.807, 2.05) is 0 Å². The third-order valence-corrected chi connectivity index (χ3v) is 9.00. The molecule has 0 unspecified atom stereocenters. The van der Waals surface area contributed by atoms with Gasteiger partial charge < -0.3 is 0 Å². The summed E-state index contributed by atoms with van der Waals surface area (Å²) in [6, 6.07) is 6.63. The molecule has 1 aliphatic heterocycles. The molecule has 0 amide bonds. The SMILES string of the molecule is CCc1cccc(C)c1-n1nnnc1C1(N2CCCCC2)C2CC3CC(C2)CC1C3. The van der Waals surface area contributed by atoms with Gasteiger partial charge in [-0.15, -0.1) is 5.10 Å². The summed E-state index contributed by atoms with van der Waals surface area (Å²) in [6.45, 7) is 6.88. The highest BCUT2D eigenvalue weighted by molar-refractivity contribution is 5.48. The van der Waals surface area contributed by atoms with E-state index in [1.54, 1.807) is 0 Å². The van der Waals surface area contributed by atoms with Crippen LogP contribution in [-0.4, -0.2) is 38.2 Å². The van der Waals surface area contributed by atoms with Crippen LogP contribution in [0.15, 0.2) is 18.2 Å². The summed E-state index contributed by atoms with van der Waals surface area (Å²) in [5.74, 6) is 4.47. The van der Waals surface area contributed by atoms with E-state index in [9.17, 15) is 0 Å². The highest BCUT2D eigenvalue weighted by atomic mass is 15.6. The maximum atomic E-state index is 4.86. The molecule has 4 aliphatic carbocycles. The van der Waals surface area contributed by atoms with Crippen LogP contribution in [0.1, 0.15) is 75.2 Å². The molecule has 1 aromatic heterocycles. The largest absolute Gasteiger partial charge is 0.290 e. The first-order chi connectivity index (χ1) is 14.7. The molecule has 1 saturated heterocycles. The second-order valence-corrected chi connectivity index (χ2v) is 10.5. The van der Waals surface area contributed by atoms with Crippen molar-refractivity contribution >= 4 is 0 Å². The Morgan fingerprint density at radius 2 is 1.67 bits per heavy atom. The Morgan fingerprint density at radius 1 is 0.967 bits per heavy atom. The molecule has 4 bridgehead atoms. The van der Waals surface area contributed by atoms with Crippen LogP contribution < -0.4 is 0 Å². The minimum atomic E-state index is 0.0324. The summed E-state index contributed by atoms with van der Waals surface area (Å²) in [7, 11) is 0. The third-order valence-electron chi connectivity index (χ3n) is 9.00. The van der Waals surface area contributed by atoms with Crippen molar-refractivity contribution in [1.29, 1.82) is 0 Å². The van der Waals surface area contributed by atoms with Crippen LogP contribution >= 0.6 is 0 Å². The lowest BCUT2D eigenvalue weighted by atomic mass is 9.47. The Balaban J connectivity index is 1.55. The van der Waals surface area contributed by atoms with E-state index in [2.05, 4.69) is 52.1 Å². The molecular weight excluding hydrogens is 370 g/mol. The highest BCUT2D eigenvalue weighted by Gasteiger charge is 2.62. The molecule has 2 aromatic rings. The maximum absolute atomic E-state index is 4.86. The van der Waals surface area contributed by atoms with Gasteiger partial charge >= 0.3 is 0 Å². The molecule has 30 heavy (non-hydrogen) atoms. The lowest BCUT2D eigenvalue weighted by Gasteiger charge is -2.64. The number of piperidine rings is 1. The highest BCUT2D eigenvalue weighted by Crippen LogP contribution is 2.64. The molecule has 0 atom stereocenters. The van der Waals surface area contributed by atoms with Crippen molar-refractivity contribution in [2.24, 2.45) is 23.7 Å². The number of aromatic nitrogens is 4.